The van der Waals surface area contributed by atoms with Crippen LogP contribution in [0.3, 0.4) is 0 Å². The first-order valence-electron chi connectivity index (χ1n) is 7.02. The highest BCUT2D eigenvalue weighted by atomic mass is 19.1. The van der Waals surface area contributed by atoms with Crippen molar-refractivity contribution in [2.75, 3.05) is 13.1 Å². The van der Waals surface area contributed by atoms with E-state index in [1.807, 2.05) is 0 Å². The molecule has 1 heterocycles. The van der Waals surface area contributed by atoms with Crippen molar-refractivity contribution in [1.29, 1.82) is 5.41 Å². The predicted octanol–water partition coefficient (Wildman–Crippen LogP) is 2.88. The molecule has 0 atom stereocenters. The molecule has 1 aromatic carbocycles. The van der Waals surface area contributed by atoms with Gasteiger partial charge in [0.05, 0.1) is 5.56 Å². The van der Waals surface area contributed by atoms with Crippen molar-refractivity contribution in [3.8, 4) is 0 Å². The maximum absolute atomic E-state index is 14.2. The van der Waals surface area contributed by atoms with Crippen LogP contribution >= 0.6 is 0 Å². The number of nitrogens with one attached hydrogen (secondary N) is 1. The maximum Gasteiger partial charge on any atom is 0.138 e. The highest BCUT2D eigenvalue weighted by Crippen LogP contribution is 2.17. The van der Waals surface area contributed by atoms with Crippen molar-refractivity contribution >= 4 is 5.84 Å². The summed E-state index contributed by atoms with van der Waals surface area (Å²) in [5.41, 5.74) is 6.25. The number of rotatable bonds is 3. The highest BCUT2D eigenvalue weighted by molar-refractivity contribution is 5.95. The first-order valence-corrected chi connectivity index (χ1v) is 7.02. The summed E-state index contributed by atoms with van der Waals surface area (Å²) in [7, 11) is 0. The number of likely N-dealkylation sites (tertiary alicyclic amines) is 1. The zero-order valence-electron chi connectivity index (χ0n) is 11.3. The fraction of sp³-hybridized carbons (Fsp3) is 0.533. The molecule has 0 aliphatic carbocycles. The molecule has 1 aliphatic heterocycles. The van der Waals surface area contributed by atoms with Gasteiger partial charge in [0.2, 0.25) is 0 Å². The third-order valence-electron chi connectivity index (χ3n) is 3.71. The Hall–Kier alpha value is -1.42. The third kappa shape index (κ3) is 3.77. The van der Waals surface area contributed by atoms with Gasteiger partial charge in [-0.15, -0.1) is 0 Å². The summed E-state index contributed by atoms with van der Waals surface area (Å²) in [5, 5.41) is 7.38. The van der Waals surface area contributed by atoms with Crippen molar-refractivity contribution in [3.05, 3.63) is 35.1 Å². The van der Waals surface area contributed by atoms with Gasteiger partial charge in [0, 0.05) is 12.1 Å². The minimum atomic E-state index is -0.336. The number of nitrogens with zero attached hydrogens (tertiary/aromatic N) is 1. The standard InChI is InChI=1S/C15H22FN3/c16-14-12(7-6-8-13(14)15(17)18)11-19-9-4-2-1-3-5-10-19/h6-8H,1-5,9-11H2,(H3,17,18). The molecule has 104 valence electrons. The van der Waals surface area contributed by atoms with Crippen LogP contribution in [0.1, 0.15) is 43.2 Å². The quantitative estimate of drug-likeness (QED) is 0.651. The molecular formula is C15H22FN3. The normalized spacial score (nSPS) is 17.7. The second-order valence-electron chi connectivity index (χ2n) is 5.24. The predicted molar refractivity (Wildman–Crippen MR) is 75.8 cm³/mol. The molecule has 1 fully saturated rings. The van der Waals surface area contributed by atoms with Crippen molar-refractivity contribution in [2.24, 2.45) is 5.73 Å². The summed E-state index contributed by atoms with van der Waals surface area (Å²) in [4.78, 5) is 2.31. The molecule has 0 bridgehead atoms. The summed E-state index contributed by atoms with van der Waals surface area (Å²) in [6.07, 6.45) is 6.24. The SMILES string of the molecule is N=C(N)c1cccc(CN2CCCCCCC2)c1F. The van der Waals surface area contributed by atoms with Gasteiger partial charge in [0.25, 0.3) is 0 Å². The second kappa shape index (κ2) is 6.66. The van der Waals surface area contributed by atoms with Crippen LogP contribution in [0.2, 0.25) is 0 Å². The third-order valence-corrected chi connectivity index (χ3v) is 3.71. The molecule has 0 unspecified atom stereocenters. The Bertz CT molecular complexity index is 437. The number of amidine groups is 1. The average Bonchev–Trinajstić information content (AvgIpc) is 2.34. The van der Waals surface area contributed by atoms with Gasteiger partial charge < -0.3 is 5.73 Å². The van der Waals surface area contributed by atoms with E-state index < -0.39 is 0 Å². The molecule has 0 saturated carbocycles. The van der Waals surface area contributed by atoms with Crippen LogP contribution in [-0.4, -0.2) is 23.8 Å². The van der Waals surface area contributed by atoms with Crippen LogP contribution in [0.5, 0.6) is 0 Å². The Kier molecular flexibility index (Phi) is 4.91. The van der Waals surface area contributed by atoms with E-state index in [-0.39, 0.29) is 17.2 Å². The molecule has 0 radical (unpaired) electrons. The number of hydrogen-bond acceptors (Lipinski definition) is 2. The summed E-state index contributed by atoms with van der Waals surface area (Å²) < 4.78 is 14.2. The van der Waals surface area contributed by atoms with Crippen LogP contribution in [0, 0.1) is 11.2 Å². The zero-order chi connectivity index (χ0) is 13.7. The van der Waals surface area contributed by atoms with Crippen molar-refractivity contribution in [2.45, 2.75) is 38.6 Å². The summed E-state index contributed by atoms with van der Waals surface area (Å²) in [6.45, 7) is 2.68. The lowest BCUT2D eigenvalue weighted by molar-refractivity contribution is 0.237. The molecule has 3 N–H and O–H groups in total. The molecule has 0 amide bonds. The smallest absolute Gasteiger partial charge is 0.138 e. The maximum atomic E-state index is 14.2. The minimum absolute atomic E-state index is 0.202. The number of nitrogens with two attached hydrogens (primary N) is 1. The molecule has 0 spiro atoms. The van der Waals surface area contributed by atoms with E-state index in [1.165, 1.54) is 32.1 Å². The minimum Gasteiger partial charge on any atom is -0.384 e. The Balaban J connectivity index is 2.09. The van der Waals surface area contributed by atoms with Crippen LogP contribution in [0.4, 0.5) is 4.39 Å². The summed E-state index contributed by atoms with van der Waals surface area (Å²) in [6, 6.07) is 5.13. The van der Waals surface area contributed by atoms with E-state index in [1.54, 1.807) is 18.2 Å². The molecule has 19 heavy (non-hydrogen) atoms. The molecule has 1 aliphatic rings. The Morgan fingerprint density at radius 1 is 1.16 bits per heavy atom. The van der Waals surface area contributed by atoms with Crippen molar-refractivity contribution < 1.29 is 4.39 Å². The van der Waals surface area contributed by atoms with E-state index >= 15 is 0 Å². The second-order valence-corrected chi connectivity index (χ2v) is 5.24. The summed E-state index contributed by atoms with van der Waals surface area (Å²) >= 11 is 0. The number of hydrogen-bond donors (Lipinski definition) is 2. The van der Waals surface area contributed by atoms with Crippen molar-refractivity contribution in [3.63, 3.8) is 0 Å². The lowest BCUT2D eigenvalue weighted by Gasteiger charge is -2.24. The molecule has 1 aromatic rings. The topological polar surface area (TPSA) is 53.1 Å². The van der Waals surface area contributed by atoms with Gasteiger partial charge in [-0.1, -0.05) is 31.4 Å². The number of nitrogen functional groups attached to an aromatic ring is 1. The molecule has 0 aromatic heterocycles. The van der Waals surface area contributed by atoms with E-state index in [9.17, 15) is 4.39 Å². The van der Waals surface area contributed by atoms with Crippen LogP contribution in [0.15, 0.2) is 18.2 Å². The Labute approximate surface area is 114 Å². The van der Waals surface area contributed by atoms with E-state index in [2.05, 4.69) is 4.90 Å². The van der Waals surface area contributed by atoms with E-state index in [4.69, 9.17) is 11.1 Å². The van der Waals surface area contributed by atoms with E-state index in [0.29, 0.717) is 12.1 Å². The van der Waals surface area contributed by atoms with Crippen LogP contribution in [-0.2, 0) is 6.54 Å². The van der Waals surface area contributed by atoms with Gasteiger partial charge >= 0.3 is 0 Å². The first-order chi connectivity index (χ1) is 9.18. The van der Waals surface area contributed by atoms with Gasteiger partial charge in [-0.25, -0.2) is 4.39 Å². The van der Waals surface area contributed by atoms with Crippen LogP contribution in [0.25, 0.3) is 0 Å². The molecule has 2 rings (SSSR count). The molecular weight excluding hydrogens is 241 g/mol. The van der Waals surface area contributed by atoms with Gasteiger partial charge in [-0.05, 0) is 32.0 Å². The number of benzene rings is 1. The number of halogens is 1. The van der Waals surface area contributed by atoms with Gasteiger partial charge in [-0.3, -0.25) is 10.3 Å². The first kappa shape index (κ1) is 14.0. The highest BCUT2D eigenvalue weighted by Gasteiger charge is 2.14. The Morgan fingerprint density at radius 2 is 1.79 bits per heavy atom. The zero-order valence-corrected chi connectivity index (χ0v) is 11.3. The molecule has 1 saturated heterocycles. The van der Waals surface area contributed by atoms with Crippen LogP contribution < -0.4 is 5.73 Å². The fourth-order valence-corrected chi connectivity index (χ4v) is 2.62. The fourth-order valence-electron chi connectivity index (χ4n) is 2.62. The average molecular weight is 263 g/mol. The van der Waals surface area contributed by atoms with Gasteiger partial charge in [0.1, 0.15) is 11.7 Å². The monoisotopic (exact) mass is 263 g/mol. The van der Waals surface area contributed by atoms with Gasteiger partial charge in [0.15, 0.2) is 0 Å². The largest absolute Gasteiger partial charge is 0.384 e. The van der Waals surface area contributed by atoms with E-state index in [0.717, 1.165) is 13.1 Å². The lowest BCUT2D eigenvalue weighted by Crippen LogP contribution is -2.27. The Morgan fingerprint density at radius 3 is 2.42 bits per heavy atom. The molecule has 4 heteroatoms. The summed E-state index contributed by atoms with van der Waals surface area (Å²) in [5.74, 6) is -0.538. The lowest BCUT2D eigenvalue weighted by atomic mass is 10.1. The molecule has 3 nitrogen and oxygen atoms in total. The van der Waals surface area contributed by atoms with Gasteiger partial charge in [-0.2, -0.15) is 0 Å². The van der Waals surface area contributed by atoms with Crippen molar-refractivity contribution in [1.82, 2.24) is 4.90 Å².